The molecule has 11 nitrogen and oxygen atoms in total. The number of nitrogens with zero attached hydrogens (tertiary/aromatic N) is 4. The van der Waals surface area contributed by atoms with Gasteiger partial charge in [-0.2, -0.15) is 0 Å². The molecule has 4 N–H and O–H groups in total. The zero-order chi connectivity index (χ0) is 26.8. The smallest absolute Gasteiger partial charge is 0.328 e. The van der Waals surface area contributed by atoms with Crippen molar-refractivity contribution in [3.8, 4) is 0 Å². The predicted octanol–water partition coefficient (Wildman–Crippen LogP) is 3.45. The predicted molar refractivity (Wildman–Crippen MR) is 142 cm³/mol. The zero-order valence-electron chi connectivity index (χ0n) is 21.6. The minimum atomic E-state index is -0.904. The van der Waals surface area contributed by atoms with Gasteiger partial charge in [-0.1, -0.05) is 0 Å². The second-order valence-electron chi connectivity index (χ2n) is 10.1. The fraction of sp³-hybridized carbons (Fsp3) is 0.538. The number of rotatable bonds is 7. The number of amides is 1. The van der Waals surface area contributed by atoms with Gasteiger partial charge in [0, 0.05) is 38.5 Å². The number of methoxy groups -OCH3 is 1. The van der Waals surface area contributed by atoms with Crippen LogP contribution in [-0.4, -0.2) is 62.7 Å². The summed E-state index contributed by atoms with van der Waals surface area (Å²) < 4.78 is 22.0. The molecule has 2 saturated carbocycles. The van der Waals surface area contributed by atoms with Crippen molar-refractivity contribution in [3.63, 3.8) is 0 Å². The molecule has 0 aromatic carbocycles. The number of pyridine rings is 2. The highest BCUT2D eigenvalue weighted by molar-refractivity contribution is 5.94. The van der Waals surface area contributed by atoms with E-state index in [1.165, 1.54) is 10.9 Å². The topological polar surface area (TPSA) is 135 Å². The lowest BCUT2D eigenvalue weighted by molar-refractivity contribution is 0.0579. The van der Waals surface area contributed by atoms with Gasteiger partial charge in [-0.3, -0.25) is 4.79 Å². The molecule has 12 heteroatoms. The number of carbonyl (C=O) groups excluding carboxylic acids is 1. The van der Waals surface area contributed by atoms with Crippen molar-refractivity contribution in [3.05, 3.63) is 40.6 Å². The van der Waals surface area contributed by atoms with E-state index in [9.17, 15) is 19.1 Å². The van der Waals surface area contributed by atoms with Crippen molar-refractivity contribution in [2.24, 2.45) is 0 Å². The molecule has 3 heterocycles. The molecule has 204 valence electrons. The highest BCUT2D eigenvalue weighted by Crippen LogP contribution is 2.30. The van der Waals surface area contributed by atoms with Gasteiger partial charge in [0.1, 0.15) is 29.5 Å². The maximum atomic E-state index is 13.6. The normalized spacial score (nSPS) is 23.5. The Kier molecular flexibility index (Phi) is 7.61. The highest BCUT2D eigenvalue weighted by atomic mass is 19.1. The number of hydrogen-bond donors (Lipinski definition) is 4. The molecular formula is C26H34FN7O4. The van der Waals surface area contributed by atoms with Crippen molar-refractivity contribution >= 4 is 34.4 Å². The molecular weight excluding hydrogens is 493 g/mol. The first kappa shape index (κ1) is 26.1. The number of aromatic nitrogens is 4. The summed E-state index contributed by atoms with van der Waals surface area (Å²) >= 11 is 0. The molecule has 2 atom stereocenters. The number of aliphatic hydroxyl groups excluding tert-OH is 1. The van der Waals surface area contributed by atoms with Crippen molar-refractivity contribution in [1.29, 1.82) is 0 Å². The summed E-state index contributed by atoms with van der Waals surface area (Å²) in [6.07, 6.45) is 7.04. The van der Waals surface area contributed by atoms with Gasteiger partial charge >= 0.3 is 6.03 Å². The molecule has 0 aliphatic heterocycles. The van der Waals surface area contributed by atoms with E-state index in [4.69, 9.17) is 4.74 Å². The molecule has 0 saturated heterocycles. The Morgan fingerprint density at radius 2 is 1.97 bits per heavy atom. The Morgan fingerprint density at radius 1 is 1.18 bits per heavy atom. The molecule has 3 aromatic heterocycles. The van der Waals surface area contributed by atoms with Gasteiger partial charge in [-0.25, -0.2) is 23.7 Å². The van der Waals surface area contributed by atoms with E-state index in [1.807, 2.05) is 0 Å². The van der Waals surface area contributed by atoms with Crippen LogP contribution in [-0.2, 0) is 11.3 Å². The number of aliphatic hydroxyl groups is 1. The number of anilines is 3. The fourth-order valence-corrected chi connectivity index (χ4v) is 5.50. The third-order valence-corrected chi connectivity index (χ3v) is 7.60. The summed E-state index contributed by atoms with van der Waals surface area (Å²) in [7, 11) is 3.44. The maximum absolute atomic E-state index is 13.6. The molecule has 5 rings (SSSR count). The summed E-state index contributed by atoms with van der Waals surface area (Å²) in [5.41, 5.74) is 2.05. The van der Waals surface area contributed by atoms with E-state index in [-0.39, 0.29) is 36.0 Å². The van der Waals surface area contributed by atoms with Crippen molar-refractivity contribution in [1.82, 2.24) is 24.4 Å². The molecule has 2 aliphatic rings. The van der Waals surface area contributed by atoms with Crippen molar-refractivity contribution in [2.75, 3.05) is 24.8 Å². The third kappa shape index (κ3) is 5.23. The van der Waals surface area contributed by atoms with Crippen LogP contribution in [0.2, 0.25) is 0 Å². The minimum absolute atomic E-state index is 0.00823. The van der Waals surface area contributed by atoms with Crippen LogP contribution < -0.4 is 21.5 Å². The summed E-state index contributed by atoms with van der Waals surface area (Å²) in [5, 5.41) is 18.9. The molecule has 0 bridgehead atoms. The van der Waals surface area contributed by atoms with Gasteiger partial charge in [0.05, 0.1) is 18.4 Å². The van der Waals surface area contributed by atoms with Crippen LogP contribution >= 0.6 is 0 Å². The maximum Gasteiger partial charge on any atom is 0.328 e. The second kappa shape index (κ2) is 11.1. The van der Waals surface area contributed by atoms with Gasteiger partial charge in [-0.05, 0) is 56.6 Å². The third-order valence-electron chi connectivity index (χ3n) is 7.60. The van der Waals surface area contributed by atoms with Gasteiger partial charge in [0.25, 0.3) is 5.56 Å². The van der Waals surface area contributed by atoms with Gasteiger partial charge in [0.15, 0.2) is 5.65 Å². The first-order chi connectivity index (χ1) is 18.4. The van der Waals surface area contributed by atoms with Crippen LogP contribution in [0.3, 0.4) is 0 Å². The van der Waals surface area contributed by atoms with Crippen LogP contribution in [0, 0.1) is 0 Å². The lowest BCUT2D eigenvalue weighted by atomic mass is 9.92. The van der Waals surface area contributed by atoms with E-state index in [2.05, 4.69) is 25.9 Å². The van der Waals surface area contributed by atoms with Crippen molar-refractivity contribution in [2.45, 2.75) is 75.9 Å². The number of carbonyl (C=O) groups is 1. The second-order valence-corrected chi connectivity index (χ2v) is 10.1. The number of ether oxygens (including phenoxy) is 1. The molecule has 0 radical (unpaired) electrons. The van der Waals surface area contributed by atoms with E-state index in [0.29, 0.717) is 47.5 Å². The molecule has 1 amide bonds. The van der Waals surface area contributed by atoms with Crippen LogP contribution in [0.25, 0.3) is 11.2 Å². The van der Waals surface area contributed by atoms with Crippen LogP contribution in [0.5, 0.6) is 0 Å². The molecule has 2 fully saturated rings. The number of hydrogen-bond acceptors (Lipinski definition) is 8. The van der Waals surface area contributed by atoms with E-state index >= 15 is 0 Å². The molecule has 2 aliphatic carbocycles. The van der Waals surface area contributed by atoms with Crippen LogP contribution in [0.15, 0.2) is 29.5 Å². The van der Waals surface area contributed by atoms with E-state index in [0.717, 1.165) is 25.7 Å². The zero-order valence-corrected chi connectivity index (χ0v) is 21.6. The number of fused-ring (bicyclic) bond motifs is 1. The Hall–Kier alpha value is -3.51. The first-order valence-electron chi connectivity index (χ1n) is 13.1. The lowest BCUT2D eigenvalue weighted by Gasteiger charge is -2.29. The molecule has 38 heavy (non-hydrogen) atoms. The van der Waals surface area contributed by atoms with Crippen molar-refractivity contribution < 1.29 is 19.0 Å². The number of imidazole rings is 1. The Balaban J connectivity index is 1.46. The van der Waals surface area contributed by atoms with E-state index in [1.54, 1.807) is 37.1 Å². The number of halogens is 1. The van der Waals surface area contributed by atoms with Crippen LogP contribution in [0.1, 0.15) is 56.6 Å². The number of alkyl halides is 1. The van der Waals surface area contributed by atoms with E-state index < -0.39 is 12.2 Å². The minimum Gasteiger partial charge on any atom is -0.392 e. The summed E-state index contributed by atoms with van der Waals surface area (Å²) in [4.78, 5) is 35.4. The van der Waals surface area contributed by atoms with Gasteiger partial charge in [-0.15, -0.1) is 0 Å². The highest BCUT2D eigenvalue weighted by Gasteiger charge is 2.27. The lowest BCUT2D eigenvalue weighted by Crippen LogP contribution is -2.36. The largest absolute Gasteiger partial charge is 0.392 e. The molecule has 0 spiro atoms. The quantitative estimate of drug-likeness (QED) is 0.367. The Morgan fingerprint density at radius 3 is 2.63 bits per heavy atom. The summed E-state index contributed by atoms with van der Waals surface area (Å²) in [5.74, 6) is 0.336. The summed E-state index contributed by atoms with van der Waals surface area (Å²) in [6.45, 7) is -0.218. The van der Waals surface area contributed by atoms with Gasteiger partial charge in [0.2, 0.25) is 0 Å². The Labute approximate surface area is 219 Å². The molecule has 0 unspecified atom stereocenters. The molecule has 3 aromatic rings. The average Bonchev–Trinajstić information content (AvgIpc) is 3.55. The monoisotopic (exact) mass is 527 g/mol. The van der Waals surface area contributed by atoms with Crippen LogP contribution in [0.4, 0.5) is 26.4 Å². The summed E-state index contributed by atoms with van der Waals surface area (Å²) in [6, 6.07) is 2.66. The fourth-order valence-electron chi connectivity index (χ4n) is 5.50. The SMILES string of the molecule is CNc1cc(Nc2cc(CO)cn(C3CCC(OC)CC3)c2=O)nc2c1ncn2C(=O)N[C@@H]1CC[C@@H](F)C1. The first-order valence-corrected chi connectivity index (χ1v) is 13.1. The standard InChI is InChI=1S/C26H34FN7O4/c1-28-20-11-22(32-24-23(20)29-14-34(24)26(37)30-17-4-3-16(27)10-17)31-21-9-15(13-35)12-33(25(21)36)18-5-7-19(38-2)8-6-18/h9,11-12,14,16-19,35H,3-8,10,13H2,1-2H3,(H,30,37)(H2,28,31,32)/t16-,17-,18?,19?/m1/s1. The Bertz CT molecular complexity index is 1370. The van der Waals surface area contributed by atoms with Gasteiger partial charge < -0.3 is 30.4 Å². The number of nitrogens with one attached hydrogen (secondary N) is 3. The average molecular weight is 528 g/mol.